The Hall–Kier alpha value is -7.75. The second-order valence-electron chi connectivity index (χ2n) is 15.1. The van der Waals surface area contributed by atoms with E-state index in [0.29, 0.717) is 0 Å². The number of nitrogens with zero attached hydrogens (tertiary/aromatic N) is 2. The van der Waals surface area contributed by atoms with Crippen LogP contribution in [-0.2, 0) is 0 Å². The van der Waals surface area contributed by atoms with Gasteiger partial charge in [0.15, 0.2) is 5.58 Å². The standard InChI is InChI=1S/C55H34N2O/c1-2-15-37(16-3-1)43-20-10-24-50-53(43)45-19-8-9-23-49(45)57(50)51-25-11-22-46-54-44(21-12-26-52(54)58-55(46)51)48-34-42(40-29-27-35-13-4-6-17-38(35)31-40)33-47(56-48)41-30-28-36-14-5-7-18-39(36)32-41/h1-34H. The van der Waals surface area contributed by atoms with Crippen LogP contribution >= 0.6 is 0 Å². The largest absolute Gasteiger partial charge is 0.454 e. The van der Waals surface area contributed by atoms with E-state index >= 15 is 0 Å². The zero-order valence-electron chi connectivity index (χ0n) is 31.4. The van der Waals surface area contributed by atoms with Crippen LogP contribution in [0.2, 0.25) is 0 Å². The highest BCUT2D eigenvalue weighted by Gasteiger charge is 2.22. The minimum Gasteiger partial charge on any atom is -0.454 e. The van der Waals surface area contributed by atoms with Crippen LogP contribution in [0.4, 0.5) is 0 Å². The summed E-state index contributed by atoms with van der Waals surface area (Å²) in [5.74, 6) is 0. The quantitative estimate of drug-likeness (QED) is 0.176. The number of benzene rings is 9. The van der Waals surface area contributed by atoms with Crippen molar-refractivity contribution in [2.45, 2.75) is 0 Å². The van der Waals surface area contributed by atoms with Gasteiger partial charge in [-0.25, -0.2) is 4.98 Å². The van der Waals surface area contributed by atoms with Gasteiger partial charge in [-0.1, -0.05) is 158 Å². The number of fused-ring (bicyclic) bond motifs is 8. The molecule has 0 bridgehead atoms. The van der Waals surface area contributed by atoms with Gasteiger partial charge in [0, 0.05) is 32.7 Å². The highest BCUT2D eigenvalue weighted by atomic mass is 16.3. The summed E-state index contributed by atoms with van der Waals surface area (Å²) >= 11 is 0. The molecule has 0 saturated carbocycles. The van der Waals surface area contributed by atoms with Crippen LogP contribution in [0.25, 0.3) is 116 Å². The van der Waals surface area contributed by atoms with Crippen molar-refractivity contribution in [3.63, 3.8) is 0 Å². The van der Waals surface area contributed by atoms with Crippen LogP contribution in [-0.4, -0.2) is 9.55 Å². The minimum absolute atomic E-state index is 0.829. The molecule has 3 heteroatoms. The first-order valence-corrected chi connectivity index (χ1v) is 19.8. The summed E-state index contributed by atoms with van der Waals surface area (Å²) in [5.41, 5.74) is 13.6. The number of rotatable bonds is 5. The molecule has 0 fully saturated rings. The third kappa shape index (κ3) is 5.11. The molecule has 0 saturated heterocycles. The van der Waals surface area contributed by atoms with E-state index in [4.69, 9.17) is 9.40 Å². The normalized spacial score (nSPS) is 11.8. The van der Waals surface area contributed by atoms with E-state index in [1.54, 1.807) is 0 Å². The molecule has 0 N–H and O–H groups in total. The Kier molecular flexibility index (Phi) is 7.23. The van der Waals surface area contributed by atoms with Crippen molar-refractivity contribution in [2.75, 3.05) is 0 Å². The molecule has 0 aliphatic heterocycles. The third-order valence-corrected chi connectivity index (χ3v) is 11.8. The lowest BCUT2D eigenvalue weighted by atomic mass is 9.96. The van der Waals surface area contributed by atoms with E-state index in [-0.39, 0.29) is 0 Å². The van der Waals surface area contributed by atoms with E-state index < -0.39 is 0 Å². The Bertz CT molecular complexity index is 3480. The number of hydrogen-bond donors (Lipinski definition) is 0. The maximum absolute atomic E-state index is 6.96. The Balaban J connectivity index is 1.10. The first-order valence-electron chi connectivity index (χ1n) is 19.8. The van der Waals surface area contributed by atoms with Gasteiger partial charge in [0.1, 0.15) is 5.58 Å². The molecule has 12 aromatic rings. The van der Waals surface area contributed by atoms with Gasteiger partial charge < -0.3 is 8.98 Å². The summed E-state index contributed by atoms with van der Waals surface area (Å²) in [7, 11) is 0. The molecule has 3 heterocycles. The van der Waals surface area contributed by atoms with Gasteiger partial charge in [0.05, 0.1) is 28.1 Å². The van der Waals surface area contributed by atoms with E-state index in [1.165, 1.54) is 43.4 Å². The van der Waals surface area contributed by atoms with Crippen LogP contribution in [0.15, 0.2) is 211 Å². The molecular weight excluding hydrogens is 705 g/mol. The molecule has 0 aliphatic carbocycles. The van der Waals surface area contributed by atoms with Crippen molar-refractivity contribution in [3.05, 3.63) is 206 Å². The molecule has 9 aromatic carbocycles. The fourth-order valence-corrected chi connectivity index (χ4v) is 9.06. The summed E-state index contributed by atoms with van der Waals surface area (Å²) in [4.78, 5) is 5.45. The minimum atomic E-state index is 0.829. The first kappa shape index (κ1) is 32.5. The highest BCUT2D eigenvalue weighted by Crippen LogP contribution is 2.44. The monoisotopic (exact) mass is 738 g/mol. The molecule has 12 rings (SSSR count). The second kappa shape index (κ2) is 12.9. The average Bonchev–Trinajstić information content (AvgIpc) is 3.85. The van der Waals surface area contributed by atoms with Crippen molar-refractivity contribution in [1.82, 2.24) is 9.55 Å². The van der Waals surface area contributed by atoms with Crippen LogP contribution < -0.4 is 0 Å². The van der Waals surface area contributed by atoms with Crippen molar-refractivity contribution < 1.29 is 4.42 Å². The second-order valence-corrected chi connectivity index (χ2v) is 15.1. The van der Waals surface area contributed by atoms with Gasteiger partial charge in [-0.2, -0.15) is 0 Å². The maximum Gasteiger partial charge on any atom is 0.159 e. The fourth-order valence-electron chi connectivity index (χ4n) is 9.06. The Morgan fingerprint density at radius 2 is 0.983 bits per heavy atom. The van der Waals surface area contributed by atoms with E-state index in [2.05, 4.69) is 211 Å². The van der Waals surface area contributed by atoms with Crippen LogP contribution in [0.1, 0.15) is 0 Å². The predicted octanol–water partition coefficient (Wildman–Crippen LogP) is 15.1. The molecule has 3 aromatic heterocycles. The van der Waals surface area contributed by atoms with Gasteiger partial charge >= 0.3 is 0 Å². The van der Waals surface area contributed by atoms with E-state index in [0.717, 1.165) is 72.3 Å². The molecule has 58 heavy (non-hydrogen) atoms. The number of hydrogen-bond acceptors (Lipinski definition) is 2. The first-order chi connectivity index (χ1) is 28.7. The number of para-hydroxylation sites is 2. The summed E-state index contributed by atoms with van der Waals surface area (Å²) in [5, 5.41) is 9.38. The van der Waals surface area contributed by atoms with Crippen molar-refractivity contribution in [3.8, 4) is 50.5 Å². The Labute approximate surface area is 334 Å². The molecule has 0 radical (unpaired) electrons. The highest BCUT2D eigenvalue weighted by molar-refractivity contribution is 6.18. The number of pyridine rings is 1. The molecule has 0 unspecified atom stereocenters. The van der Waals surface area contributed by atoms with Gasteiger partial charge in [0.2, 0.25) is 0 Å². The lowest BCUT2D eigenvalue weighted by Crippen LogP contribution is -1.94. The maximum atomic E-state index is 6.96. The number of aromatic nitrogens is 2. The summed E-state index contributed by atoms with van der Waals surface area (Å²) in [6.45, 7) is 0. The van der Waals surface area contributed by atoms with Gasteiger partial charge in [-0.3, -0.25) is 0 Å². The van der Waals surface area contributed by atoms with Crippen molar-refractivity contribution in [2.24, 2.45) is 0 Å². The van der Waals surface area contributed by atoms with Gasteiger partial charge in [0.25, 0.3) is 0 Å². The van der Waals surface area contributed by atoms with Crippen molar-refractivity contribution in [1.29, 1.82) is 0 Å². The lowest BCUT2D eigenvalue weighted by molar-refractivity contribution is 0.666. The molecular formula is C55H34N2O. The molecule has 0 aliphatic rings. The van der Waals surface area contributed by atoms with Crippen LogP contribution in [0.3, 0.4) is 0 Å². The predicted molar refractivity (Wildman–Crippen MR) is 243 cm³/mol. The van der Waals surface area contributed by atoms with Crippen molar-refractivity contribution >= 4 is 65.3 Å². The fraction of sp³-hybridized carbons (Fsp3) is 0. The lowest BCUT2D eigenvalue weighted by Gasteiger charge is -2.12. The topological polar surface area (TPSA) is 31.0 Å². The van der Waals surface area contributed by atoms with E-state index in [1.807, 2.05) is 0 Å². The Morgan fingerprint density at radius 3 is 1.81 bits per heavy atom. The number of furan rings is 1. The van der Waals surface area contributed by atoms with E-state index in [9.17, 15) is 0 Å². The SMILES string of the molecule is c1ccc(-c2cccc3c2c2ccccc2n3-c2cccc3c2oc2cccc(-c4cc(-c5ccc6ccccc6c5)cc(-c5ccc6ccccc6c5)n4)c23)cc1. The average molecular weight is 739 g/mol. The molecule has 3 nitrogen and oxygen atoms in total. The van der Waals surface area contributed by atoms with Crippen LogP contribution in [0.5, 0.6) is 0 Å². The molecule has 270 valence electrons. The summed E-state index contributed by atoms with van der Waals surface area (Å²) in [6.07, 6.45) is 0. The molecule has 0 atom stereocenters. The zero-order chi connectivity index (χ0) is 38.2. The Morgan fingerprint density at radius 1 is 0.362 bits per heavy atom. The summed E-state index contributed by atoms with van der Waals surface area (Å²) in [6, 6.07) is 73.8. The third-order valence-electron chi connectivity index (χ3n) is 11.8. The zero-order valence-corrected chi connectivity index (χ0v) is 31.4. The summed E-state index contributed by atoms with van der Waals surface area (Å²) < 4.78 is 9.33. The smallest absolute Gasteiger partial charge is 0.159 e. The van der Waals surface area contributed by atoms with Gasteiger partial charge in [-0.05, 0) is 92.3 Å². The molecule has 0 spiro atoms. The van der Waals surface area contributed by atoms with Gasteiger partial charge in [-0.15, -0.1) is 0 Å². The molecule has 0 amide bonds. The van der Waals surface area contributed by atoms with Crippen LogP contribution in [0, 0.1) is 0 Å².